The van der Waals surface area contributed by atoms with Crippen LogP contribution in [0.2, 0.25) is 0 Å². The highest BCUT2D eigenvalue weighted by Gasteiger charge is 2.45. The number of amides is 9. The molecule has 0 aromatic heterocycles. The summed E-state index contributed by atoms with van der Waals surface area (Å²) in [6, 6.07) is 17.6. The second kappa shape index (κ2) is 44.7. The van der Waals surface area contributed by atoms with Crippen LogP contribution in [0.25, 0.3) is 0 Å². The minimum atomic E-state index is -5.08. The number of likely N-dealkylation sites (N-methyl/N-ethyl adjacent to an activating group) is 2. The number of carbonyl (C=O) groups excluding carboxylic acids is 9. The van der Waals surface area contributed by atoms with Gasteiger partial charge in [0.15, 0.2) is 0 Å². The number of alkyl halides is 6. The Bertz CT molecular complexity index is 3290. The van der Waals surface area contributed by atoms with Crippen LogP contribution in [0.3, 0.4) is 0 Å². The molecule has 11 atom stereocenters. The number of nitrogens with two attached hydrogens (primary N) is 2. The molecule has 3 aromatic carbocycles. The van der Waals surface area contributed by atoms with E-state index in [4.69, 9.17) is 50.2 Å². The summed E-state index contributed by atoms with van der Waals surface area (Å²) in [6.07, 6.45) is -8.92. The summed E-state index contributed by atoms with van der Waals surface area (Å²) in [5.41, 5.74) is 14.7. The molecule has 3 aromatic rings. The number of benzene rings is 3. The zero-order valence-corrected chi connectivity index (χ0v) is 62.8. The molecule has 106 heavy (non-hydrogen) atoms. The maximum Gasteiger partial charge on any atom is 0.490 e. The lowest BCUT2D eigenvalue weighted by Crippen LogP contribution is -2.60. The summed E-state index contributed by atoms with van der Waals surface area (Å²) in [5, 5.41) is 28.2. The number of likely N-dealkylation sites (tertiary alicyclic amines) is 1. The van der Waals surface area contributed by atoms with E-state index in [1.54, 1.807) is 68.9 Å². The number of hydrogen-bond acceptors (Lipinski definition) is 17. The summed E-state index contributed by atoms with van der Waals surface area (Å²) in [5.74, 6) is -9.73. The number of primary amides is 1. The Hall–Kier alpha value is -9.15. The Kier molecular flexibility index (Phi) is 39.2. The van der Waals surface area contributed by atoms with Gasteiger partial charge in [0.2, 0.25) is 35.4 Å². The van der Waals surface area contributed by atoms with E-state index in [1.165, 1.54) is 26.2 Å². The third-order valence-electron chi connectivity index (χ3n) is 18.0. The number of esters is 1. The first-order valence-electron chi connectivity index (χ1n) is 34.6. The minimum absolute atomic E-state index is 0.0505. The normalized spacial score (nSPS) is 15.8. The first-order valence-corrected chi connectivity index (χ1v) is 34.6. The van der Waals surface area contributed by atoms with E-state index in [1.807, 2.05) is 108 Å². The first-order chi connectivity index (χ1) is 49.5. The highest BCUT2D eigenvalue weighted by molar-refractivity contribution is 5.98. The van der Waals surface area contributed by atoms with Crippen molar-refractivity contribution in [2.24, 2.45) is 41.1 Å². The average molecular weight is 1510 g/mol. The van der Waals surface area contributed by atoms with E-state index in [0.717, 1.165) is 11.1 Å². The van der Waals surface area contributed by atoms with Gasteiger partial charge in [-0.1, -0.05) is 123 Å². The minimum Gasteiger partial charge on any atom is -0.475 e. The fourth-order valence-corrected chi connectivity index (χ4v) is 11.7. The van der Waals surface area contributed by atoms with Crippen LogP contribution in [0.5, 0.6) is 0 Å². The molecule has 0 saturated carbocycles. The van der Waals surface area contributed by atoms with Crippen molar-refractivity contribution in [1.29, 1.82) is 0 Å². The molecule has 34 heteroatoms. The SMILES string of the molecule is CC[C@H](C)[C@@H]([C@@H](CC(=O)N1CCC[C@H]1[C@H](OC)[C@@H](C)C(=O)N[C@@H](Cc1ccccc1)C(=O)OC)OC)N(C)C(=O)[C@@H](NC(=O)[C@H](C(C)C)N(C)CCc1ccc(N(C)C(=O)OCc2ccc(NC(=O)[C@H](CCCNC(N)=O)NC(=O)[C@@H](N)C(C)C)cc2)cc1)C(C)C.O=C(O)C(F)(F)F.O=C(O)C(F)(F)F. The Morgan fingerprint density at radius 1 is 0.679 bits per heavy atom. The van der Waals surface area contributed by atoms with Gasteiger partial charge < -0.3 is 77.0 Å². The maximum absolute atomic E-state index is 14.8. The van der Waals surface area contributed by atoms with Crippen molar-refractivity contribution < 1.29 is 108 Å². The predicted octanol–water partition coefficient (Wildman–Crippen LogP) is 7.04. The summed E-state index contributed by atoms with van der Waals surface area (Å²) in [6.45, 7) is 18.2. The number of rotatable bonds is 36. The van der Waals surface area contributed by atoms with Gasteiger partial charge in [0, 0.05) is 65.7 Å². The number of halogens is 6. The topological polar surface area (TPSA) is 390 Å². The fraction of sp³-hybridized carbons (Fsp3) is 0.597. The molecule has 594 valence electrons. The van der Waals surface area contributed by atoms with Gasteiger partial charge in [0.05, 0.1) is 55.8 Å². The van der Waals surface area contributed by atoms with E-state index in [2.05, 4.69) is 26.6 Å². The van der Waals surface area contributed by atoms with Crippen molar-refractivity contribution in [3.63, 3.8) is 0 Å². The molecule has 28 nitrogen and oxygen atoms in total. The molecule has 9 amide bonds. The van der Waals surface area contributed by atoms with Gasteiger partial charge in [-0.05, 0) is 104 Å². The van der Waals surface area contributed by atoms with E-state index in [9.17, 15) is 69.5 Å². The average Bonchev–Trinajstić information content (AvgIpc) is 1.40. The van der Waals surface area contributed by atoms with Gasteiger partial charge in [0.25, 0.3) is 0 Å². The Morgan fingerprint density at radius 3 is 1.73 bits per heavy atom. The Labute approximate surface area is 615 Å². The number of methoxy groups -OCH3 is 3. The van der Waals surface area contributed by atoms with Crippen LogP contribution in [0.15, 0.2) is 78.9 Å². The van der Waals surface area contributed by atoms with Gasteiger partial charge in [-0.25, -0.2) is 24.0 Å². The lowest BCUT2D eigenvalue weighted by molar-refractivity contribution is -0.193. The summed E-state index contributed by atoms with van der Waals surface area (Å²) in [4.78, 5) is 146. The highest BCUT2D eigenvalue weighted by Crippen LogP contribution is 2.31. The highest BCUT2D eigenvalue weighted by atomic mass is 19.4. The number of hydrogen-bond donors (Lipinski definition) is 9. The molecule has 0 bridgehead atoms. The smallest absolute Gasteiger partial charge is 0.475 e. The molecule has 0 spiro atoms. The lowest BCUT2D eigenvalue weighted by Gasteiger charge is -2.41. The van der Waals surface area contributed by atoms with Crippen molar-refractivity contribution >= 4 is 76.9 Å². The number of carboxylic acid groups (broad SMARTS) is 2. The quantitative estimate of drug-likeness (QED) is 0.0160. The van der Waals surface area contributed by atoms with Crippen LogP contribution < -0.4 is 43.0 Å². The number of anilines is 2. The molecular weight excluding hydrogens is 1400 g/mol. The zero-order valence-electron chi connectivity index (χ0n) is 62.8. The number of nitrogens with zero attached hydrogens (tertiary/aromatic N) is 4. The van der Waals surface area contributed by atoms with Crippen molar-refractivity contribution in [3.8, 4) is 0 Å². The molecule has 4 rings (SSSR count). The van der Waals surface area contributed by atoms with E-state index in [0.29, 0.717) is 62.1 Å². The molecule has 1 saturated heterocycles. The van der Waals surface area contributed by atoms with Gasteiger partial charge in [0.1, 0.15) is 24.7 Å². The summed E-state index contributed by atoms with van der Waals surface area (Å²) in [7, 11) is 9.51. The molecule has 0 aliphatic carbocycles. The number of aliphatic carboxylic acids is 2. The molecule has 1 aliphatic heterocycles. The molecule has 11 N–H and O–H groups in total. The molecule has 1 fully saturated rings. The van der Waals surface area contributed by atoms with E-state index >= 15 is 0 Å². The molecule has 1 heterocycles. The summed E-state index contributed by atoms with van der Waals surface area (Å²) < 4.78 is 86.3. The number of carboxylic acids is 2. The summed E-state index contributed by atoms with van der Waals surface area (Å²) >= 11 is 0. The Morgan fingerprint density at radius 2 is 1.24 bits per heavy atom. The second-order valence-electron chi connectivity index (χ2n) is 26.8. The Balaban J connectivity index is 0.00000246. The molecular formula is C72H107F6N11O17. The number of ether oxygens (including phenoxy) is 4. The van der Waals surface area contributed by atoms with Crippen LogP contribution in [0.1, 0.15) is 118 Å². The van der Waals surface area contributed by atoms with Crippen molar-refractivity contribution in [2.75, 3.05) is 72.3 Å². The number of urea groups is 1. The molecule has 0 unspecified atom stereocenters. The number of nitrogens with one attached hydrogen (secondary N) is 5. The van der Waals surface area contributed by atoms with E-state index < -0.39 is 121 Å². The standard InChI is InChI=1S/C68H105N11O13.2C2HF3O2/c1-16-44(8)59(54(89-13)39-55(80)79-36-21-25-53(79)60(90-14)45(9)61(81)74-52(66(86)91-15)38-47-22-18-17-19-23-47)78(12)65(85)57(42(4)5)75-64(84)58(43(6)7)76(10)37-34-46-28-32-50(33-29-46)77(11)68(88)92-40-48-26-30-49(31-27-48)72-62(82)51(24-20-35-71-67(70)87)73-63(83)56(69)41(2)3;2*3-2(4,5)1(6)7/h17-19,22-23,26-33,41-45,51-54,56-60H,16,20-21,24-25,34-40,69H2,1-15H3,(H,72,82)(H,73,83)(H,74,81)(H,75,84)(H3,70,71,87);2*(H,6,7)/t44-,45+,51-,52-,53-,54+,56-,57-,58-,59-,60+;;/m0../s1. The molecule has 0 radical (unpaired) electrons. The van der Waals surface area contributed by atoms with Crippen molar-refractivity contribution in [3.05, 3.63) is 95.6 Å². The third kappa shape index (κ3) is 30.4. The maximum atomic E-state index is 14.8. The lowest BCUT2D eigenvalue weighted by atomic mass is 9.89. The van der Waals surface area contributed by atoms with Crippen LogP contribution in [0.4, 0.5) is 47.3 Å². The van der Waals surface area contributed by atoms with Crippen molar-refractivity contribution in [2.45, 2.75) is 187 Å². The largest absolute Gasteiger partial charge is 0.490 e. The molecule has 1 aliphatic rings. The zero-order chi connectivity index (χ0) is 80.7. The second-order valence-corrected chi connectivity index (χ2v) is 26.8. The van der Waals surface area contributed by atoms with Crippen LogP contribution in [0, 0.1) is 29.6 Å². The van der Waals surface area contributed by atoms with E-state index in [-0.39, 0.29) is 73.8 Å². The van der Waals surface area contributed by atoms with Crippen molar-refractivity contribution in [1.82, 2.24) is 36.0 Å². The van der Waals surface area contributed by atoms with Gasteiger partial charge in [-0.15, -0.1) is 0 Å². The third-order valence-corrected chi connectivity index (χ3v) is 18.0. The van der Waals surface area contributed by atoms with Gasteiger partial charge in [-0.2, -0.15) is 26.3 Å². The van der Waals surface area contributed by atoms with Crippen LogP contribution >= 0.6 is 0 Å². The monoisotopic (exact) mass is 1510 g/mol. The fourth-order valence-electron chi connectivity index (χ4n) is 11.7. The van der Waals surface area contributed by atoms with Crippen LogP contribution in [-0.2, 0) is 81.5 Å². The van der Waals surface area contributed by atoms with Gasteiger partial charge in [-0.3, -0.25) is 38.6 Å². The number of carbonyl (C=O) groups is 11. The van der Waals surface area contributed by atoms with Gasteiger partial charge >= 0.3 is 42.4 Å². The predicted molar refractivity (Wildman–Crippen MR) is 381 cm³/mol. The van der Waals surface area contributed by atoms with Crippen LogP contribution in [-0.4, -0.2) is 219 Å². The first kappa shape index (κ1) is 92.9.